The van der Waals surface area contributed by atoms with Crippen LogP contribution in [0.15, 0.2) is 30.3 Å². The van der Waals surface area contributed by atoms with Crippen LogP contribution in [0, 0.1) is 0 Å². The van der Waals surface area contributed by atoms with E-state index in [1.165, 1.54) is 10.7 Å². The van der Waals surface area contributed by atoms with Crippen molar-refractivity contribution in [1.82, 2.24) is 24.3 Å². The molecule has 2 aliphatic rings. The van der Waals surface area contributed by atoms with Crippen LogP contribution < -0.4 is 5.43 Å². The van der Waals surface area contributed by atoms with E-state index < -0.39 is 10.0 Å². The lowest BCUT2D eigenvalue weighted by Crippen LogP contribution is -2.46. The molecule has 1 saturated heterocycles. The summed E-state index contributed by atoms with van der Waals surface area (Å²) in [6.45, 7) is 4.31. The van der Waals surface area contributed by atoms with Gasteiger partial charge in [0.1, 0.15) is 5.82 Å². The first-order chi connectivity index (χ1) is 14.0. The first kappa shape index (κ1) is 20.1. The van der Waals surface area contributed by atoms with Gasteiger partial charge in [-0.25, -0.2) is 18.4 Å². The molecule has 0 unspecified atom stereocenters. The van der Waals surface area contributed by atoms with Crippen molar-refractivity contribution in [2.45, 2.75) is 39.3 Å². The smallest absolute Gasteiger partial charge is 0.286 e. The topological polar surface area (TPSA) is 87.5 Å². The number of amides is 1. The van der Waals surface area contributed by atoms with Gasteiger partial charge in [0.2, 0.25) is 10.0 Å². The van der Waals surface area contributed by atoms with E-state index in [1.54, 1.807) is 6.92 Å². The highest BCUT2D eigenvalue weighted by molar-refractivity contribution is 7.89. The largest absolute Gasteiger partial charge is 0.325 e. The molecule has 0 aliphatic carbocycles. The van der Waals surface area contributed by atoms with Crippen molar-refractivity contribution >= 4 is 15.9 Å². The Balaban J connectivity index is 1.70. The number of hydrogen-bond acceptors (Lipinski definition) is 5. The van der Waals surface area contributed by atoms with Crippen LogP contribution >= 0.6 is 0 Å². The lowest BCUT2D eigenvalue weighted by atomic mass is 10.2. The Morgan fingerprint density at radius 3 is 2.48 bits per heavy atom. The molecule has 0 saturated carbocycles. The van der Waals surface area contributed by atoms with Crippen molar-refractivity contribution in [3.63, 3.8) is 0 Å². The highest BCUT2D eigenvalue weighted by Gasteiger charge is 2.32. The summed E-state index contributed by atoms with van der Waals surface area (Å²) in [5.41, 5.74) is 4.85. The third kappa shape index (κ3) is 4.08. The molecule has 1 N–H and O–H groups in total. The SMILES string of the molecule is CCS(=O)(=O)N1CCn2c(-c3ccccc3)nc(C(=O)NN3CCCCC3)c2C1. The zero-order chi connectivity index (χ0) is 20.4. The van der Waals surface area contributed by atoms with Crippen LogP contribution in [0.3, 0.4) is 0 Å². The van der Waals surface area contributed by atoms with Gasteiger partial charge >= 0.3 is 0 Å². The van der Waals surface area contributed by atoms with Gasteiger partial charge < -0.3 is 4.57 Å². The monoisotopic (exact) mass is 417 g/mol. The molecular formula is C20H27N5O3S. The van der Waals surface area contributed by atoms with Crippen LogP contribution in [0.1, 0.15) is 42.4 Å². The Bertz CT molecular complexity index is 981. The summed E-state index contributed by atoms with van der Waals surface area (Å²) in [5.74, 6) is 0.480. The number of aromatic nitrogens is 2. The van der Waals surface area contributed by atoms with E-state index in [9.17, 15) is 13.2 Å². The molecule has 3 heterocycles. The number of hydrogen-bond donors (Lipinski definition) is 1. The minimum absolute atomic E-state index is 0.0436. The van der Waals surface area contributed by atoms with Crippen LogP contribution in [-0.4, -0.2) is 58.6 Å². The zero-order valence-electron chi connectivity index (χ0n) is 16.7. The Kier molecular flexibility index (Phi) is 5.71. The molecule has 0 bridgehead atoms. The maximum Gasteiger partial charge on any atom is 0.286 e. The standard InChI is InChI=1S/C20H27N5O3S/c1-2-29(27,28)24-13-14-25-17(15-24)18(20(26)22-23-11-7-4-8-12-23)21-19(25)16-9-5-3-6-10-16/h3,5-6,9-10H,2,4,7-8,11-15H2,1H3,(H,22,26). The third-order valence-corrected chi connectivity index (χ3v) is 7.42. The van der Waals surface area contributed by atoms with Crippen LogP contribution in [-0.2, 0) is 23.1 Å². The van der Waals surface area contributed by atoms with E-state index in [0.717, 1.165) is 31.5 Å². The molecule has 0 radical (unpaired) electrons. The Labute approximate surface area is 171 Å². The van der Waals surface area contributed by atoms with Gasteiger partial charge in [0.05, 0.1) is 18.0 Å². The Hall–Kier alpha value is -2.23. The average Bonchev–Trinajstić information content (AvgIpc) is 3.14. The van der Waals surface area contributed by atoms with Crippen molar-refractivity contribution in [2.24, 2.45) is 0 Å². The lowest BCUT2D eigenvalue weighted by Gasteiger charge is -2.29. The van der Waals surface area contributed by atoms with E-state index >= 15 is 0 Å². The highest BCUT2D eigenvalue weighted by atomic mass is 32.2. The molecule has 29 heavy (non-hydrogen) atoms. The fourth-order valence-corrected chi connectivity index (χ4v) is 5.00. The van der Waals surface area contributed by atoms with Gasteiger partial charge in [-0.2, -0.15) is 4.31 Å². The molecule has 0 atom stereocenters. The second-order valence-electron chi connectivity index (χ2n) is 7.47. The molecule has 1 aromatic heterocycles. The molecule has 8 nitrogen and oxygen atoms in total. The normalized spacial score (nSPS) is 18.4. The fourth-order valence-electron chi connectivity index (χ4n) is 3.96. The number of fused-ring (bicyclic) bond motifs is 1. The molecule has 1 aromatic carbocycles. The molecule has 1 amide bonds. The van der Waals surface area contributed by atoms with Crippen molar-refractivity contribution in [1.29, 1.82) is 0 Å². The minimum atomic E-state index is -3.34. The van der Waals surface area contributed by atoms with E-state index in [4.69, 9.17) is 0 Å². The van der Waals surface area contributed by atoms with Gasteiger partial charge in [-0.3, -0.25) is 10.2 Å². The van der Waals surface area contributed by atoms with Gasteiger partial charge in [0.25, 0.3) is 5.91 Å². The predicted molar refractivity (Wildman–Crippen MR) is 110 cm³/mol. The van der Waals surface area contributed by atoms with Crippen LogP contribution in [0.4, 0.5) is 0 Å². The van der Waals surface area contributed by atoms with Crippen molar-refractivity contribution < 1.29 is 13.2 Å². The summed E-state index contributed by atoms with van der Waals surface area (Å²) in [6.07, 6.45) is 3.28. The number of carbonyl (C=O) groups is 1. The molecule has 0 spiro atoms. The van der Waals surface area contributed by atoms with Crippen LogP contribution in [0.2, 0.25) is 0 Å². The van der Waals surface area contributed by atoms with Crippen molar-refractivity contribution in [3.05, 3.63) is 41.7 Å². The maximum atomic E-state index is 13.1. The van der Waals surface area contributed by atoms with E-state index in [1.807, 2.05) is 39.9 Å². The average molecular weight is 418 g/mol. The minimum Gasteiger partial charge on any atom is -0.325 e. The maximum absolute atomic E-state index is 13.1. The number of nitrogens with one attached hydrogen (secondary N) is 1. The van der Waals surface area contributed by atoms with Gasteiger partial charge in [-0.05, 0) is 19.8 Å². The Morgan fingerprint density at radius 1 is 1.07 bits per heavy atom. The molecular weight excluding hydrogens is 390 g/mol. The van der Waals surface area contributed by atoms with Gasteiger partial charge in [0, 0.05) is 31.7 Å². The second kappa shape index (κ2) is 8.25. The number of nitrogens with zero attached hydrogens (tertiary/aromatic N) is 4. The number of carbonyl (C=O) groups excluding carboxylic acids is 1. The second-order valence-corrected chi connectivity index (χ2v) is 9.73. The number of hydrazine groups is 1. The molecule has 4 rings (SSSR count). The van der Waals surface area contributed by atoms with Crippen molar-refractivity contribution in [3.8, 4) is 11.4 Å². The molecule has 1 fully saturated rings. The summed E-state index contributed by atoms with van der Waals surface area (Å²) in [7, 11) is -3.34. The lowest BCUT2D eigenvalue weighted by molar-refractivity contribution is 0.0743. The molecule has 9 heteroatoms. The zero-order valence-corrected chi connectivity index (χ0v) is 17.5. The summed E-state index contributed by atoms with van der Waals surface area (Å²) < 4.78 is 28.3. The number of sulfonamides is 1. The summed E-state index contributed by atoms with van der Waals surface area (Å²) in [4.78, 5) is 17.7. The predicted octanol–water partition coefficient (Wildman–Crippen LogP) is 1.85. The fraction of sp³-hybridized carbons (Fsp3) is 0.500. The first-order valence-corrected chi connectivity index (χ1v) is 11.8. The first-order valence-electron chi connectivity index (χ1n) is 10.2. The summed E-state index contributed by atoms with van der Waals surface area (Å²) >= 11 is 0. The number of benzene rings is 1. The van der Waals surface area contributed by atoms with Gasteiger partial charge in [-0.15, -0.1) is 0 Å². The van der Waals surface area contributed by atoms with Crippen molar-refractivity contribution in [2.75, 3.05) is 25.4 Å². The van der Waals surface area contributed by atoms with E-state index in [2.05, 4.69) is 10.4 Å². The third-order valence-electron chi connectivity index (χ3n) is 5.59. The quantitative estimate of drug-likeness (QED) is 0.802. The highest BCUT2D eigenvalue weighted by Crippen LogP contribution is 2.27. The summed E-state index contributed by atoms with van der Waals surface area (Å²) in [5, 5.41) is 1.93. The molecule has 2 aromatic rings. The van der Waals surface area contributed by atoms with Gasteiger partial charge in [-0.1, -0.05) is 36.8 Å². The molecule has 156 valence electrons. The van der Waals surface area contributed by atoms with E-state index in [0.29, 0.717) is 30.3 Å². The van der Waals surface area contributed by atoms with Gasteiger partial charge in [0.15, 0.2) is 5.69 Å². The van der Waals surface area contributed by atoms with Crippen LogP contribution in [0.5, 0.6) is 0 Å². The Morgan fingerprint density at radius 2 is 1.79 bits per heavy atom. The summed E-state index contributed by atoms with van der Waals surface area (Å²) in [6, 6.07) is 9.71. The van der Waals surface area contributed by atoms with E-state index in [-0.39, 0.29) is 18.2 Å². The van der Waals surface area contributed by atoms with Crippen LogP contribution in [0.25, 0.3) is 11.4 Å². The number of imidazole rings is 1. The molecule has 2 aliphatic heterocycles. The number of piperidine rings is 1. The number of rotatable bonds is 5.